The third-order valence-corrected chi connectivity index (χ3v) is 5.04. The van der Waals surface area contributed by atoms with E-state index in [2.05, 4.69) is 72.8 Å². The summed E-state index contributed by atoms with van der Waals surface area (Å²) in [5, 5.41) is 3.57. The van der Waals surface area contributed by atoms with Gasteiger partial charge >= 0.3 is 0 Å². The number of aromatic nitrogens is 2. The lowest BCUT2D eigenvalue weighted by molar-refractivity contribution is 1.17. The van der Waals surface area contributed by atoms with E-state index >= 15 is 0 Å². The number of nitrogens with zero attached hydrogens (tertiary/aromatic N) is 2. The van der Waals surface area contributed by atoms with Crippen LogP contribution in [0.25, 0.3) is 16.9 Å². The lowest BCUT2D eigenvalue weighted by Gasteiger charge is -2.11. The van der Waals surface area contributed by atoms with Crippen LogP contribution in [0, 0.1) is 6.92 Å². The Bertz CT molecular complexity index is 1070. The molecule has 0 radical (unpaired) electrons. The molecule has 4 rings (SSSR count). The molecule has 0 amide bonds. The molecule has 0 fully saturated rings. The van der Waals surface area contributed by atoms with E-state index in [9.17, 15) is 0 Å². The molecule has 5 heteroatoms. The number of nitrogens with one attached hydrogen (secondary N) is 1. The van der Waals surface area contributed by atoms with Gasteiger partial charge in [-0.3, -0.25) is 4.40 Å². The van der Waals surface area contributed by atoms with Gasteiger partial charge in [-0.25, -0.2) is 4.98 Å². The monoisotopic (exact) mass is 455 g/mol. The lowest BCUT2D eigenvalue weighted by atomic mass is 10.1. The zero-order valence-electron chi connectivity index (χ0n) is 13.5. The van der Waals surface area contributed by atoms with E-state index in [4.69, 9.17) is 4.98 Å². The zero-order valence-corrected chi connectivity index (χ0v) is 16.7. The fraction of sp³-hybridized carbons (Fsp3) is 0.0500. The minimum absolute atomic E-state index is 0.897. The zero-order chi connectivity index (χ0) is 17.4. The number of fused-ring (bicyclic) bond motifs is 1. The second kappa shape index (κ2) is 6.65. The van der Waals surface area contributed by atoms with E-state index in [1.807, 2.05) is 42.6 Å². The Morgan fingerprint density at radius 2 is 1.76 bits per heavy atom. The summed E-state index contributed by atoms with van der Waals surface area (Å²) in [5.74, 6) is 0.948. The van der Waals surface area contributed by atoms with Gasteiger partial charge in [0.15, 0.2) is 0 Å². The van der Waals surface area contributed by atoms with E-state index in [1.165, 1.54) is 5.56 Å². The second-order valence-corrected chi connectivity index (χ2v) is 7.67. The van der Waals surface area contributed by atoms with Gasteiger partial charge in [0.25, 0.3) is 0 Å². The molecule has 0 spiro atoms. The van der Waals surface area contributed by atoms with E-state index in [0.29, 0.717) is 0 Å². The van der Waals surface area contributed by atoms with Crippen molar-refractivity contribution in [1.29, 1.82) is 0 Å². The van der Waals surface area contributed by atoms with Crippen LogP contribution >= 0.6 is 31.9 Å². The topological polar surface area (TPSA) is 29.3 Å². The van der Waals surface area contributed by atoms with Crippen LogP contribution in [0.2, 0.25) is 0 Å². The standard InChI is InChI=1S/C20H15Br2N3/c1-13-5-2-3-8-17(13)23-20-19(14-6-4-7-15(21)11-14)24-18-10-9-16(22)12-25(18)20/h2-12,23H,1H3. The average Bonchev–Trinajstić information content (AvgIpc) is 2.95. The van der Waals surface area contributed by atoms with E-state index < -0.39 is 0 Å². The summed E-state index contributed by atoms with van der Waals surface area (Å²) in [6.45, 7) is 2.10. The molecule has 0 saturated carbocycles. The van der Waals surface area contributed by atoms with Gasteiger partial charge in [0.05, 0.1) is 0 Å². The first-order chi connectivity index (χ1) is 12.1. The van der Waals surface area contributed by atoms with E-state index in [0.717, 1.165) is 37.4 Å². The SMILES string of the molecule is Cc1ccccc1Nc1c(-c2cccc(Br)c2)nc2ccc(Br)cn12. The highest BCUT2D eigenvalue weighted by Crippen LogP contribution is 2.33. The number of halogens is 2. The van der Waals surface area contributed by atoms with Crippen molar-refractivity contribution in [2.24, 2.45) is 0 Å². The Hall–Kier alpha value is -2.11. The van der Waals surface area contributed by atoms with Crippen molar-refractivity contribution < 1.29 is 0 Å². The van der Waals surface area contributed by atoms with Crippen molar-refractivity contribution in [2.45, 2.75) is 6.92 Å². The smallest absolute Gasteiger partial charge is 0.143 e. The number of anilines is 2. The number of hydrogen-bond acceptors (Lipinski definition) is 2. The number of pyridine rings is 1. The van der Waals surface area contributed by atoms with Gasteiger partial charge in [-0.2, -0.15) is 0 Å². The molecule has 0 saturated heterocycles. The molecule has 2 heterocycles. The molecule has 124 valence electrons. The third-order valence-electron chi connectivity index (χ3n) is 4.08. The quantitative estimate of drug-likeness (QED) is 0.377. The second-order valence-electron chi connectivity index (χ2n) is 5.83. The summed E-state index contributed by atoms with van der Waals surface area (Å²) in [6, 6.07) is 20.5. The summed E-state index contributed by atoms with van der Waals surface area (Å²) in [7, 11) is 0. The van der Waals surface area contributed by atoms with Crippen molar-refractivity contribution in [2.75, 3.05) is 5.32 Å². The number of imidazole rings is 1. The fourth-order valence-corrected chi connectivity index (χ4v) is 3.55. The van der Waals surface area contributed by atoms with Crippen LogP contribution in [-0.2, 0) is 0 Å². The van der Waals surface area contributed by atoms with E-state index in [-0.39, 0.29) is 0 Å². The normalized spacial score (nSPS) is 11.0. The number of para-hydroxylation sites is 1. The molecule has 2 aromatic heterocycles. The first kappa shape index (κ1) is 16.4. The van der Waals surface area contributed by atoms with Crippen molar-refractivity contribution in [3.05, 3.63) is 81.4 Å². The maximum absolute atomic E-state index is 4.85. The Morgan fingerprint density at radius 3 is 2.56 bits per heavy atom. The maximum atomic E-state index is 4.85. The first-order valence-corrected chi connectivity index (χ1v) is 9.46. The van der Waals surface area contributed by atoms with Crippen LogP contribution in [0.4, 0.5) is 11.5 Å². The van der Waals surface area contributed by atoms with Gasteiger partial charge in [0.2, 0.25) is 0 Å². The van der Waals surface area contributed by atoms with Crippen LogP contribution in [0.1, 0.15) is 5.56 Å². The molecule has 4 aromatic rings. The van der Waals surface area contributed by atoms with Gasteiger partial charge in [-0.05, 0) is 58.7 Å². The molecule has 0 aliphatic rings. The Balaban J connectivity index is 1.94. The van der Waals surface area contributed by atoms with Crippen molar-refractivity contribution in [3.8, 4) is 11.3 Å². The predicted octanol–water partition coefficient (Wildman–Crippen LogP) is 6.58. The molecular formula is C20H15Br2N3. The lowest BCUT2D eigenvalue weighted by Crippen LogP contribution is -1.98. The average molecular weight is 457 g/mol. The maximum Gasteiger partial charge on any atom is 0.143 e. The van der Waals surface area contributed by atoms with Gasteiger partial charge in [0.1, 0.15) is 17.2 Å². The number of rotatable bonds is 3. The van der Waals surface area contributed by atoms with Crippen LogP contribution in [0.3, 0.4) is 0 Å². The molecule has 0 unspecified atom stereocenters. The van der Waals surface area contributed by atoms with E-state index in [1.54, 1.807) is 0 Å². The Morgan fingerprint density at radius 1 is 0.920 bits per heavy atom. The van der Waals surface area contributed by atoms with Crippen LogP contribution in [0.15, 0.2) is 75.8 Å². The molecular weight excluding hydrogens is 442 g/mol. The molecule has 3 nitrogen and oxygen atoms in total. The van der Waals surface area contributed by atoms with Crippen molar-refractivity contribution in [1.82, 2.24) is 9.38 Å². The molecule has 2 aromatic carbocycles. The van der Waals surface area contributed by atoms with Crippen molar-refractivity contribution in [3.63, 3.8) is 0 Å². The highest BCUT2D eigenvalue weighted by atomic mass is 79.9. The minimum Gasteiger partial charge on any atom is -0.339 e. The first-order valence-electron chi connectivity index (χ1n) is 7.88. The van der Waals surface area contributed by atoms with Crippen molar-refractivity contribution >= 4 is 49.0 Å². The summed E-state index contributed by atoms with van der Waals surface area (Å²) in [6.07, 6.45) is 2.03. The minimum atomic E-state index is 0.897. The Labute approximate surface area is 163 Å². The molecule has 0 aliphatic heterocycles. The molecule has 0 atom stereocenters. The Kier molecular flexibility index (Phi) is 4.36. The summed E-state index contributed by atoms with van der Waals surface area (Å²) >= 11 is 7.12. The number of hydrogen-bond donors (Lipinski definition) is 1. The summed E-state index contributed by atoms with van der Waals surface area (Å²) in [4.78, 5) is 4.85. The highest BCUT2D eigenvalue weighted by molar-refractivity contribution is 9.10. The highest BCUT2D eigenvalue weighted by Gasteiger charge is 2.15. The molecule has 0 aliphatic carbocycles. The van der Waals surface area contributed by atoms with Crippen LogP contribution in [0.5, 0.6) is 0 Å². The van der Waals surface area contributed by atoms with Crippen LogP contribution < -0.4 is 5.32 Å². The summed E-state index contributed by atoms with van der Waals surface area (Å²) < 4.78 is 4.11. The predicted molar refractivity (Wildman–Crippen MR) is 110 cm³/mol. The number of aryl methyl sites for hydroxylation is 1. The largest absolute Gasteiger partial charge is 0.339 e. The molecule has 0 bridgehead atoms. The van der Waals surface area contributed by atoms with Gasteiger partial charge in [0, 0.05) is 26.4 Å². The van der Waals surface area contributed by atoms with Gasteiger partial charge in [-0.15, -0.1) is 0 Å². The van der Waals surface area contributed by atoms with Crippen LogP contribution in [-0.4, -0.2) is 9.38 Å². The fourth-order valence-electron chi connectivity index (χ4n) is 2.82. The van der Waals surface area contributed by atoms with Gasteiger partial charge in [-0.1, -0.05) is 46.3 Å². The van der Waals surface area contributed by atoms with Gasteiger partial charge < -0.3 is 5.32 Å². The third kappa shape index (κ3) is 3.22. The summed E-state index contributed by atoms with van der Waals surface area (Å²) in [5.41, 5.74) is 5.13. The molecule has 25 heavy (non-hydrogen) atoms. The number of benzene rings is 2. The molecule has 1 N–H and O–H groups in total.